The number of alkyl halides is 3. The first-order chi connectivity index (χ1) is 34.6. The molecule has 0 unspecified atom stereocenters. The van der Waals surface area contributed by atoms with Crippen molar-refractivity contribution in [3.63, 3.8) is 0 Å². The molecule has 2 aliphatic rings. The molecule has 0 amide bonds. The Kier molecular flexibility index (Phi) is 16.1. The van der Waals surface area contributed by atoms with Gasteiger partial charge in [0.05, 0.1) is 33.6 Å². The van der Waals surface area contributed by atoms with Crippen molar-refractivity contribution in [2.75, 3.05) is 71.4 Å². The van der Waals surface area contributed by atoms with Gasteiger partial charge in [-0.2, -0.15) is 13.2 Å². The van der Waals surface area contributed by atoms with E-state index in [4.69, 9.17) is 11.6 Å². The molecule has 1 aromatic heterocycles. The zero-order valence-electron chi connectivity index (χ0n) is 39.5. The van der Waals surface area contributed by atoms with E-state index in [1.165, 1.54) is 30.0 Å². The van der Waals surface area contributed by atoms with Crippen LogP contribution in [0.5, 0.6) is 0 Å². The van der Waals surface area contributed by atoms with Crippen LogP contribution in [-0.4, -0.2) is 112 Å². The minimum atomic E-state index is -6.07. The number of carbonyl (C=O) groups is 1. The molecule has 0 spiro atoms. The number of aliphatic hydroxyl groups excluding tert-OH is 1. The molecule has 0 radical (unpaired) electrons. The molecule has 2 fully saturated rings. The summed E-state index contributed by atoms with van der Waals surface area (Å²) in [4.78, 5) is 17.3. The normalized spacial score (nSPS) is 15.6. The maximum absolute atomic E-state index is 15.9. The van der Waals surface area contributed by atoms with Crippen LogP contribution in [0.4, 0.5) is 44.7 Å². The van der Waals surface area contributed by atoms with Crippen molar-refractivity contribution in [3.05, 3.63) is 137 Å². The summed E-state index contributed by atoms with van der Waals surface area (Å²) in [6.07, 6.45) is 1.15. The number of sulfone groups is 1. The van der Waals surface area contributed by atoms with Gasteiger partial charge in [0.25, 0.3) is 19.9 Å². The summed E-state index contributed by atoms with van der Waals surface area (Å²) >= 11 is 7.56. The summed E-state index contributed by atoms with van der Waals surface area (Å²) in [5.41, 5.74) is -4.23. The smallest absolute Gasteiger partial charge is 0.478 e. The van der Waals surface area contributed by atoms with E-state index in [-0.39, 0.29) is 41.2 Å². The van der Waals surface area contributed by atoms with Gasteiger partial charge in [0.2, 0.25) is 0 Å². The van der Waals surface area contributed by atoms with E-state index < -0.39 is 70.6 Å². The van der Waals surface area contributed by atoms with E-state index in [0.717, 1.165) is 23.1 Å². The van der Waals surface area contributed by atoms with E-state index in [1.807, 2.05) is 35.2 Å². The molecular weight excluding hydrogens is 1040 g/mol. The summed E-state index contributed by atoms with van der Waals surface area (Å²) in [6.45, 7) is 4.55. The molecule has 6 aromatic rings. The molecule has 2 saturated heterocycles. The van der Waals surface area contributed by atoms with Crippen molar-refractivity contribution >= 4 is 71.9 Å². The van der Waals surface area contributed by atoms with Crippen molar-refractivity contribution in [1.29, 1.82) is 0 Å². The zero-order chi connectivity index (χ0) is 52.4. The van der Waals surface area contributed by atoms with Crippen LogP contribution in [0.1, 0.15) is 35.3 Å². The Morgan fingerprint density at radius 2 is 1.48 bits per heavy atom. The number of aromatic nitrogens is 1. The molecule has 0 bridgehead atoms. The predicted molar refractivity (Wildman–Crippen MR) is 275 cm³/mol. The number of nitrogens with zero attached hydrogens (tertiary/aromatic N) is 4. The van der Waals surface area contributed by atoms with E-state index in [0.29, 0.717) is 91.5 Å². The van der Waals surface area contributed by atoms with Gasteiger partial charge < -0.3 is 34.8 Å². The van der Waals surface area contributed by atoms with Crippen LogP contribution in [0.15, 0.2) is 124 Å². The number of benzene rings is 5. The number of sulfonamides is 1. The summed E-state index contributed by atoms with van der Waals surface area (Å²) in [7, 11) is -9.06. The number of anilines is 4. The molecule has 3 heterocycles. The molecule has 0 saturated carbocycles. The first-order valence-electron chi connectivity index (χ1n) is 23.2. The van der Waals surface area contributed by atoms with E-state index in [1.54, 1.807) is 59.8 Å². The number of hydrogen-bond donors (Lipinski definition) is 4. The van der Waals surface area contributed by atoms with Crippen molar-refractivity contribution in [2.24, 2.45) is 7.05 Å². The number of piperidine rings is 1. The Hall–Kier alpha value is -5.84. The van der Waals surface area contributed by atoms with Crippen LogP contribution in [0.2, 0.25) is 5.02 Å². The molecule has 13 nitrogen and oxygen atoms in total. The highest BCUT2D eigenvalue weighted by Crippen LogP contribution is 2.43. The summed E-state index contributed by atoms with van der Waals surface area (Å²) in [5.74, 6) is -2.73. The van der Waals surface area contributed by atoms with Crippen molar-refractivity contribution in [2.45, 2.75) is 58.5 Å². The summed E-state index contributed by atoms with van der Waals surface area (Å²) < 4.78 is 132. The standard InChI is InChI=1S/C51H52ClF5N6O7S3/c1-32-47(50(65)66)48(49(60(32)2)33-8-10-34(52)11-9-33)41-29-45(43(54)30-42(41)53)63-26-24-62(25-27-63)37-14-12-35(13-15-37)59-73(69,70)40-16-17-44(46(28-40)72(67,68)51(55,56)57)58-36(31-71-39-6-4-3-5-7-39)18-21-61-22-19-38(64)20-23-61/h3-17,28-30,36,38,58-59,64H,18-27,31H2,1-2H3,(H,65,66)/t36-/m1/s1. The fourth-order valence-electron chi connectivity index (χ4n) is 9.15. The van der Waals surface area contributed by atoms with Gasteiger partial charge in [0.15, 0.2) is 0 Å². The van der Waals surface area contributed by atoms with Gasteiger partial charge >= 0.3 is 11.5 Å². The molecule has 8 rings (SSSR count). The first kappa shape index (κ1) is 53.5. The Labute approximate surface area is 429 Å². The molecule has 1 atom stereocenters. The van der Waals surface area contributed by atoms with E-state index >= 15 is 8.78 Å². The van der Waals surface area contributed by atoms with E-state index in [2.05, 4.69) is 14.9 Å². The molecule has 5 aromatic carbocycles. The fourth-order valence-corrected chi connectivity index (χ4v) is 12.4. The maximum Gasteiger partial charge on any atom is 0.501 e. The molecular formula is C51H52ClF5N6O7S3. The van der Waals surface area contributed by atoms with Gasteiger partial charge in [-0.1, -0.05) is 41.9 Å². The summed E-state index contributed by atoms with van der Waals surface area (Å²) in [6, 6.07) is 26.1. The van der Waals surface area contributed by atoms with Crippen LogP contribution < -0.4 is 19.8 Å². The largest absolute Gasteiger partial charge is 0.501 e. The van der Waals surface area contributed by atoms with Crippen LogP contribution in [0, 0.1) is 18.6 Å². The van der Waals surface area contributed by atoms with Crippen LogP contribution >= 0.6 is 23.4 Å². The topological polar surface area (TPSA) is 165 Å². The second-order valence-electron chi connectivity index (χ2n) is 17.9. The Balaban J connectivity index is 0.979. The number of rotatable bonds is 17. The maximum atomic E-state index is 15.9. The molecule has 22 heteroatoms. The average Bonchev–Trinajstić information content (AvgIpc) is 3.62. The van der Waals surface area contributed by atoms with Gasteiger partial charge in [0, 0.05) is 109 Å². The highest BCUT2D eigenvalue weighted by atomic mass is 35.5. The van der Waals surface area contributed by atoms with E-state index in [9.17, 15) is 45.0 Å². The first-order valence-corrected chi connectivity index (χ1v) is 27.5. The number of halogens is 6. The minimum Gasteiger partial charge on any atom is -0.478 e. The van der Waals surface area contributed by atoms with Crippen LogP contribution in [0.3, 0.4) is 0 Å². The lowest BCUT2D eigenvalue weighted by atomic mass is 9.95. The fraction of sp³-hybridized carbons (Fsp3) is 0.314. The number of carboxylic acid groups (broad SMARTS) is 1. The van der Waals surface area contributed by atoms with Crippen LogP contribution in [0.25, 0.3) is 22.4 Å². The number of aromatic carboxylic acids is 1. The number of piperazine rings is 1. The molecule has 2 aliphatic heterocycles. The van der Waals surface area contributed by atoms with Gasteiger partial charge in [0.1, 0.15) is 16.5 Å². The second kappa shape index (κ2) is 21.9. The molecule has 0 aliphatic carbocycles. The second-order valence-corrected chi connectivity index (χ2v) is 23.0. The number of likely N-dealkylation sites (tertiary alicyclic amines) is 1. The Morgan fingerprint density at radius 3 is 2.11 bits per heavy atom. The van der Waals surface area contributed by atoms with Crippen molar-refractivity contribution < 1.29 is 53.8 Å². The highest BCUT2D eigenvalue weighted by molar-refractivity contribution is 7.99. The Bertz CT molecular complexity index is 3190. The molecule has 4 N–H and O–H groups in total. The molecule has 73 heavy (non-hydrogen) atoms. The lowest BCUT2D eigenvalue weighted by Crippen LogP contribution is -2.46. The number of aliphatic hydroxyl groups is 1. The highest BCUT2D eigenvalue weighted by Gasteiger charge is 2.48. The third-order valence-electron chi connectivity index (χ3n) is 13.2. The van der Waals surface area contributed by atoms with Gasteiger partial charge in [-0.15, -0.1) is 11.8 Å². The van der Waals surface area contributed by atoms with Crippen molar-refractivity contribution in [1.82, 2.24) is 9.47 Å². The number of carboxylic acids is 1. The number of hydrogen-bond acceptors (Lipinski definition) is 11. The Morgan fingerprint density at radius 1 is 0.836 bits per heavy atom. The SMILES string of the molecule is Cc1c(C(=O)O)c(-c2cc(N3CCN(c4ccc(NS(=O)(=O)c5ccc(N[C@H](CCN6CCC(O)CC6)CSc6ccccc6)c(S(=O)(=O)C(F)(F)F)c5)cc4)CC3)c(F)cc2F)c(-c2ccc(Cl)cc2)n1C. The number of nitrogens with one attached hydrogen (secondary N) is 2. The monoisotopic (exact) mass is 1090 g/mol. The van der Waals surface area contributed by atoms with Gasteiger partial charge in [-0.05, 0) is 105 Å². The average molecular weight is 1090 g/mol. The van der Waals surface area contributed by atoms with Gasteiger partial charge in [-0.25, -0.2) is 30.4 Å². The lowest BCUT2D eigenvalue weighted by Gasteiger charge is -2.37. The predicted octanol–water partition coefficient (Wildman–Crippen LogP) is 10.1. The lowest BCUT2D eigenvalue weighted by molar-refractivity contribution is -0.0436. The molecule has 388 valence electrons. The quantitative estimate of drug-likeness (QED) is 0.0506. The van der Waals surface area contributed by atoms with Crippen LogP contribution in [-0.2, 0) is 26.9 Å². The van der Waals surface area contributed by atoms with Gasteiger partial charge in [-0.3, -0.25) is 4.72 Å². The number of thioether (sulfide) groups is 1. The minimum absolute atomic E-state index is 0.0313. The summed E-state index contributed by atoms with van der Waals surface area (Å²) in [5, 5.41) is 23.7. The third-order valence-corrected chi connectivity index (χ3v) is 17.5. The zero-order valence-corrected chi connectivity index (χ0v) is 42.7. The third kappa shape index (κ3) is 11.9. The van der Waals surface area contributed by atoms with Crippen molar-refractivity contribution in [3.8, 4) is 22.4 Å².